The second-order valence-corrected chi connectivity index (χ2v) is 8.59. The first kappa shape index (κ1) is 25.7. The minimum Gasteiger partial charge on any atom is -0.463 e. The maximum Gasteiger partial charge on any atom is 0.416 e. The van der Waals surface area contributed by atoms with Gasteiger partial charge in [0.05, 0.1) is 17.9 Å². The van der Waals surface area contributed by atoms with Crippen molar-refractivity contribution >= 4 is 11.6 Å². The number of hydrogen-bond acceptors (Lipinski definition) is 4. The van der Waals surface area contributed by atoms with E-state index >= 15 is 0 Å². The summed E-state index contributed by atoms with van der Waals surface area (Å²) in [4.78, 5) is 17.1. The first-order valence-electron chi connectivity index (χ1n) is 12.2. The molecule has 1 N–H and O–H groups in total. The molecule has 196 valence electrons. The number of hydrogen-bond donors (Lipinski definition) is 1. The van der Waals surface area contributed by atoms with E-state index < -0.39 is 11.7 Å². The summed E-state index contributed by atoms with van der Waals surface area (Å²) in [6, 6.07) is 28.8. The molecular formula is C30H23F3N4O2. The highest BCUT2D eigenvalue weighted by atomic mass is 19.4. The van der Waals surface area contributed by atoms with Crippen molar-refractivity contribution in [1.29, 1.82) is 0 Å². The monoisotopic (exact) mass is 528 g/mol. The van der Waals surface area contributed by atoms with Crippen molar-refractivity contribution < 1.29 is 22.7 Å². The summed E-state index contributed by atoms with van der Waals surface area (Å²) < 4.78 is 46.7. The summed E-state index contributed by atoms with van der Waals surface area (Å²) in [6.07, 6.45) is -4.49. The van der Waals surface area contributed by atoms with Gasteiger partial charge in [0.2, 0.25) is 0 Å². The van der Waals surface area contributed by atoms with E-state index in [1.54, 1.807) is 43.3 Å². The Labute approximate surface area is 222 Å². The van der Waals surface area contributed by atoms with E-state index in [0.717, 1.165) is 23.3 Å². The van der Waals surface area contributed by atoms with Crippen molar-refractivity contribution in [2.45, 2.75) is 13.1 Å². The van der Waals surface area contributed by atoms with Crippen LogP contribution in [-0.2, 0) is 6.18 Å². The number of anilines is 1. The predicted molar refractivity (Wildman–Crippen MR) is 143 cm³/mol. The van der Waals surface area contributed by atoms with Crippen molar-refractivity contribution in [3.63, 3.8) is 0 Å². The molecule has 5 aromatic rings. The summed E-state index contributed by atoms with van der Waals surface area (Å²) in [7, 11) is 0. The Balaban J connectivity index is 1.37. The lowest BCUT2D eigenvalue weighted by atomic mass is 10.0. The van der Waals surface area contributed by atoms with Gasteiger partial charge in [-0.3, -0.25) is 4.79 Å². The van der Waals surface area contributed by atoms with Crippen LogP contribution in [0.3, 0.4) is 0 Å². The lowest BCUT2D eigenvalue weighted by molar-refractivity contribution is -0.137. The number of nitrogens with one attached hydrogen (secondary N) is 1. The molecule has 0 bridgehead atoms. The molecular weight excluding hydrogens is 505 g/mol. The number of rotatable bonds is 7. The van der Waals surface area contributed by atoms with Crippen molar-refractivity contribution in [2.24, 2.45) is 0 Å². The summed E-state index contributed by atoms with van der Waals surface area (Å²) in [5, 5.41) is 7.18. The Morgan fingerprint density at radius 3 is 2.18 bits per heavy atom. The number of amides is 1. The Morgan fingerprint density at radius 2 is 1.51 bits per heavy atom. The van der Waals surface area contributed by atoms with Crippen LogP contribution in [0.5, 0.6) is 6.01 Å². The fraction of sp³-hybridized carbons (Fsp3) is 0.100. The molecule has 1 aromatic heterocycles. The molecule has 0 fully saturated rings. The van der Waals surface area contributed by atoms with Crippen LogP contribution in [0.4, 0.5) is 18.9 Å². The Kier molecular flexibility index (Phi) is 7.14. The van der Waals surface area contributed by atoms with Crippen LogP contribution < -0.4 is 10.1 Å². The Morgan fingerprint density at radius 1 is 0.846 bits per heavy atom. The van der Waals surface area contributed by atoms with Gasteiger partial charge in [-0.05, 0) is 66.6 Å². The van der Waals surface area contributed by atoms with Gasteiger partial charge in [-0.15, -0.1) is 5.10 Å². The Bertz CT molecular complexity index is 1580. The van der Waals surface area contributed by atoms with E-state index in [1.807, 2.05) is 42.5 Å². The standard InChI is InChI=1S/C30H23F3N4O2/c1-2-39-29-35-27(23-9-6-10-24(19-23)30(31,32)33)37(36-29)26-17-15-25(16-18-26)34-28(38)22-13-11-21(12-14-22)20-7-4-3-5-8-20/h3-19H,2H2,1H3,(H,34,38). The first-order valence-corrected chi connectivity index (χ1v) is 12.2. The molecule has 0 aliphatic heterocycles. The average Bonchev–Trinajstić information content (AvgIpc) is 3.38. The van der Waals surface area contributed by atoms with Gasteiger partial charge in [-0.2, -0.15) is 18.2 Å². The summed E-state index contributed by atoms with van der Waals surface area (Å²) in [5.74, 6) is -0.0776. The molecule has 5 rings (SSSR count). The van der Waals surface area contributed by atoms with Crippen LogP contribution in [0.2, 0.25) is 0 Å². The van der Waals surface area contributed by atoms with E-state index in [0.29, 0.717) is 23.5 Å². The van der Waals surface area contributed by atoms with Crippen LogP contribution in [0.1, 0.15) is 22.8 Å². The number of benzene rings is 4. The van der Waals surface area contributed by atoms with E-state index in [1.165, 1.54) is 16.8 Å². The summed E-state index contributed by atoms with van der Waals surface area (Å²) in [6.45, 7) is 2.06. The Hall–Kier alpha value is -4.92. The second kappa shape index (κ2) is 10.8. The van der Waals surface area contributed by atoms with E-state index in [4.69, 9.17) is 4.74 Å². The molecule has 1 amide bonds. The number of ether oxygens (including phenoxy) is 1. The van der Waals surface area contributed by atoms with Crippen molar-refractivity contribution in [1.82, 2.24) is 14.8 Å². The number of nitrogens with zero attached hydrogens (tertiary/aromatic N) is 3. The van der Waals surface area contributed by atoms with E-state index in [9.17, 15) is 18.0 Å². The summed E-state index contributed by atoms with van der Waals surface area (Å²) in [5.41, 5.74) is 3.09. The third-order valence-electron chi connectivity index (χ3n) is 5.93. The van der Waals surface area contributed by atoms with Crippen LogP contribution in [0.25, 0.3) is 28.2 Å². The van der Waals surface area contributed by atoms with Crippen LogP contribution >= 0.6 is 0 Å². The molecule has 0 spiro atoms. The minimum absolute atomic E-state index is 0.0428. The highest BCUT2D eigenvalue weighted by Gasteiger charge is 2.31. The van der Waals surface area contributed by atoms with Gasteiger partial charge in [0.25, 0.3) is 5.91 Å². The third-order valence-corrected chi connectivity index (χ3v) is 5.93. The highest BCUT2D eigenvalue weighted by Crippen LogP contribution is 2.33. The minimum atomic E-state index is -4.49. The zero-order valence-corrected chi connectivity index (χ0v) is 20.8. The maximum atomic E-state index is 13.3. The number of halogens is 3. The van der Waals surface area contributed by atoms with Gasteiger partial charge < -0.3 is 10.1 Å². The molecule has 0 unspecified atom stereocenters. The SMILES string of the molecule is CCOc1nc(-c2cccc(C(F)(F)F)c2)n(-c2ccc(NC(=O)c3ccc(-c4ccccc4)cc3)cc2)n1. The zero-order chi connectivity index (χ0) is 27.4. The molecule has 0 atom stereocenters. The third kappa shape index (κ3) is 5.82. The molecule has 0 aliphatic carbocycles. The largest absolute Gasteiger partial charge is 0.463 e. The normalized spacial score (nSPS) is 11.3. The van der Waals surface area contributed by atoms with E-state index in [-0.39, 0.29) is 23.3 Å². The lowest BCUT2D eigenvalue weighted by Gasteiger charge is -2.10. The topological polar surface area (TPSA) is 69.0 Å². The van der Waals surface area contributed by atoms with Crippen LogP contribution in [0, 0.1) is 0 Å². The lowest BCUT2D eigenvalue weighted by Crippen LogP contribution is -2.11. The molecule has 9 heteroatoms. The van der Waals surface area contributed by atoms with Gasteiger partial charge >= 0.3 is 12.2 Å². The van der Waals surface area contributed by atoms with Crippen molar-refractivity contribution in [3.8, 4) is 34.2 Å². The van der Waals surface area contributed by atoms with Gasteiger partial charge in [0, 0.05) is 16.8 Å². The number of aromatic nitrogens is 3. The van der Waals surface area contributed by atoms with Gasteiger partial charge in [0.15, 0.2) is 5.82 Å². The fourth-order valence-corrected chi connectivity index (χ4v) is 4.02. The molecule has 4 aromatic carbocycles. The molecule has 6 nitrogen and oxygen atoms in total. The second-order valence-electron chi connectivity index (χ2n) is 8.59. The predicted octanol–water partition coefficient (Wildman–Crippen LogP) is 7.27. The number of carbonyl (C=O) groups excluding carboxylic acids is 1. The maximum absolute atomic E-state index is 13.3. The molecule has 0 saturated carbocycles. The molecule has 0 aliphatic rings. The van der Waals surface area contributed by atoms with Crippen molar-refractivity contribution in [2.75, 3.05) is 11.9 Å². The average molecular weight is 529 g/mol. The quantitative estimate of drug-likeness (QED) is 0.241. The molecule has 39 heavy (non-hydrogen) atoms. The zero-order valence-electron chi connectivity index (χ0n) is 20.8. The fourth-order valence-electron chi connectivity index (χ4n) is 4.02. The first-order chi connectivity index (χ1) is 18.8. The van der Waals surface area contributed by atoms with Gasteiger partial charge in [-0.1, -0.05) is 54.6 Å². The van der Waals surface area contributed by atoms with Crippen LogP contribution in [-0.4, -0.2) is 27.3 Å². The van der Waals surface area contributed by atoms with Crippen molar-refractivity contribution in [3.05, 3.63) is 114 Å². The molecule has 0 saturated heterocycles. The smallest absolute Gasteiger partial charge is 0.416 e. The number of carbonyl (C=O) groups is 1. The van der Waals surface area contributed by atoms with E-state index in [2.05, 4.69) is 15.4 Å². The molecule has 0 radical (unpaired) electrons. The van der Waals surface area contributed by atoms with Crippen LogP contribution in [0.15, 0.2) is 103 Å². The summed E-state index contributed by atoms with van der Waals surface area (Å²) >= 11 is 0. The molecule has 1 heterocycles. The highest BCUT2D eigenvalue weighted by molar-refractivity contribution is 6.04. The number of alkyl halides is 3. The van der Waals surface area contributed by atoms with Gasteiger partial charge in [0.1, 0.15) is 0 Å². The van der Waals surface area contributed by atoms with Gasteiger partial charge in [-0.25, -0.2) is 4.68 Å².